The quantitative estimate of drug-likeness (QED) is 0.790. The van der Waals surface area contributed by atoms with Crippen LogP contribution >= 0.6 is 23.2 Å². The van der Waals surface area contributed by atoms with Gasteiger partial charge in [0.15, 0.2) is 0 Å². The first-order valence-corrected chi connectivity index (χ1v) is 6.82. The van der Waals surface area contributed by atoms with E-state index >= 15 is 0 Å². The highest BCUT2D eigenvalue weighted by Crippen LogP contribution is 2.47. The van der Waals surface area contributed by atoms with E-state index in [4.69, 9.17) is 27.9 Å². The molecule has 5 heteroatoms. The van der Waals surface area contributed by atoms with E-state index in [0.29, 0.717) is 16.8 Å². The number of rotatable bonds is 3. The van der Waals surface area contributed by atoms with Gasteiger partial charge in [-0.25, -0.2) is 4.98 Å². The molecule has 1 saturated carbocycles. The summed E-state index contributed by atoms with van der Waals surface area (Å²) in [4.78, 5) is 8.54. The van der Waals surface area contributed by atoms with Crippen molar-refractivity contribution in [3.63, 3.8) is 0 Å². The maximum absolute atomic E-state index is 5.98. The van der Waals surface area contributed by atoms with Gasteiger partial charge in [-0.15, -0.1) is 0 Å². The SMILES string of the molecule is COc1nc(Cl)nc(-c2ccc(Cl)cc2)c1C1CC1. The second kappa shape index (κ2) is 4.99. The van der Waals surface area contributed by atoms with Crippen molar-refractivity contribution >= 4 is 23.2 Å². The van der Waals surface area contributed by atoms with Gasteiger partial charge in [-0.1, -0.05) is 23.7 Å². The van der Waals surface area contributed by atoms with Crippen molar-refractivity contribution in [3.05, 3.63) is 40.1 Å². The molecule has 1 fully saturated rings. The first kappa shape index (κ1) is 12.7. The molecule has 0 aliphatic heterocycles. The summed E-state index contributed by atoms with van der Waals surface area (Å²) in [6, 6.07) is 7.56. The van der Waals surface area contributed by atoms with Crippen molar-refractivity contribution in [1.29, 1.82) is 0 Å². The Morgan fingerprint density at radius 1 is 1.11 bits per heavy atom. The molecule has 1 heterocycles. The van der Waals surface area contributed by atoms with E-state index in [0.717, 1.165) is 29.7 Å². The standard InChI is InChI=1S/C14H12Cl2N2O/c1-19-13-11(8-2-3-8)12(17-14(16)18-13)9-4-6-10(15)7-5-9/h4-8H,2-3H2,1H3. The Morgan fingerprint density at radius 3 is 2.37 bits per heavy atom. The zero-order valence-corrected chi connectivity index (χ0v) is 11.9. The summed E-state index contributed by atoms with van der Waals surface area (Å²) < 4.78 is 5.35. The van der Waals surface area contributed by atoms with Crippen LogP contribution < -0.4 is 4.74 Å². The first-order valence-electron chi connectivity index (χ1n) is 6.06. The lowest BCUT2D eigenvalue weighted by Crippen LogP contribution is -2.00. The summed E-state index contributed by atoms with van der Waals surface area (Å²) in [6.07, 6.45) is 2.28. The molecular formula is C14H12Cl2N2O. The summed E-state index contributed by atoms with van der Waals surface area (Å²) in [7, 11) is 1.61. The topological polar surface area (TPSA) is 35.0 Å². The Kier molecular flexibility index (Phi) is 3.33. The highest BCUT2D eigenvalue weighted by Gasteiger charge is 2.32. The summed E-state index contributed by atoms with van der Waals surface area (Å²) in [5, 5.41) is 0.898. The number of ether oxygens (including phenoxy) is 1. The van der Waals surface area contributed by atoms with Crippen molar-refractivity contribution < 1.29 is 4.74 Å². The zero-order valence-electron chi connectivity index (χ0n) is 10.4. The maximum atomic E-state index is 5.98. The molecule has 0 N–H and O–H groups in total. The molecule has 0 bridgehead atoms. The monoisotopic (exact) mass is 294 g/mol. The van der Waals surface area contributed by atoms with Crippen LogP contribution in [0.5, 0.6) is 5.88 Å². The van der Waals surface area contributed by atoms with Crippen LogP contribution in [-0.4, -0.2) is 17.1 Å². The molecule has 1 aromatic heterocycles. The van der Waals surface area contributed by atoms with E-state index in [1.807, 2.05) is 24.3 Å². The highest BCUT2D eigenvalue weighted by atomic mass is 35.5. The Morgan fingerprint density at radius 2 is 1.79 bits per heavy atom. The fourth-order valence-corrected chi connectivity index (χ4v) is 2.43. The predicted octanol–water partition coefficient (Wildman–Crippen LogP) is 4.34. The van der Waals surface area contributed by atoms with Crippen molar-refractivity contribution in [2.24, 2.45) is 0 Å². The number of hydrogen-bond acceptors (Lipinski definition) is 3. The molecular weight excluding hydrogens is 283 g/mol. The number of hydrogen-bond donors (Lipinski definition) is 0. The minimum atomic E-state index is 0.200. The van der Waals surface area contributed by atoms with Crippen LogP contribution in [0.2, 0.25) is 10.3 Å². The molecule has 1 aliphatic rings. The zero-order chi connectivity index (χ0) is 13.4. The van der Waals surface area contributed by atoms with Crippen LogP contribution in [0, 0.1) is 0 Å². The summed E-state index contributed by atoms with van der Waals surface area (Å²) in [6.45, 7) is 0. The molecule has 98 valence electrons. The van der Waals surface area contributed by atoms with Gasteiger partial charge >= 0.3 is 0 Å². The fourth-order valence-electron chi connectivity index (χ4n) is 2.15. The van der Waals surface area contributed by atoms with Gasteiger partial charge in [0.25, 0.3) is 0 Å². The molecule has 1 aromatic carbocycles. The van der Waals surface area contributed by atoms with E-state index < -0.39 is 0 Å². The molecule has 0 atom stereocenters. The van der Waals surface area contributed by atoms with E-state index in [2.05, 4.69) is 9.97 Å². The van der Waals surface area contributed by atoms with Gasteiger partial charge in [-0.3, -0.25) is 0 Å². The van der Waals surface area contributed by atoms with Crippen LogP contribution in [0.4, 0.5) is 0 Å². The average Bonchev–Trinajstić information content (AvgIpc) is 3.23. The van der Waals surface area contributed by atoms with Crippen LogP contribution in [0.3, 0.4) is 0 Å². The lowest BCUT2D eigenvalue weighted by atomic mass is 10.0. The molecule has 1 aliphatic carbocycles. The van der Waals surface area contributed by atoms with Gasteiger partial charge < -0.3 is 4.74 Å². The molecule has 0 spiro atoms. The van der Waals surface area contributed by atoms with Crippen molar-refractivity contribution in [2.75, 3.05) is 7.11 Å². The minimum absolute atomic E-state index is 0.200. The lowest BCUT2D eigenvalue weighted by Gasteiger charge is -2.12. The third-order valence-electron chi connectivity index (χ3n) is 3.18. The molecule has 0 radical (unpaired) electrons. The molecule has 3 nitrogen and oxygen atoms in total. The second-order valence-electron chi connectivity index (χ2n) is 4.55. The summed E-state index contributed by atoms with van der Waals surface area (Å²) in [5.74, 6) is 1.05. The predicted molar refractivity (Wildman–Crippen MR) is 76.0 cm³/mol. The van der Waals surface area contributed by atoms with Gasteiger partial charge in [0.2, 0.25) is 11.2 Å². The van der Waals surface area contributed by atoms with Gasteiger partial charge in [0, 0.05) is 16.1 Å². The maximum Gasteiger partial charge on any atom is 0.226 e. The molecule has 19 heavy (non-hydrogen) atoms. The summed E-state index contributed by atoms with van der Waals surface area (Å²) >= 11 is 11.9. The molecule has 0 amide bonds. The van der Waals surface area contributed by atoms with E-state index in [1.165, 1.54) is 0 Å². The van der Waals surface area contributed by atoms with Crippen LogP contribution in [-0.2, 0) is 0 Å². The van der Waals surface area contributed by atoms with Crippen LogP contribution in [0.15, 0.2) is 24.3 Å². The number of nitrogens with zero attached hydrogens (tertiary/aromatic N) is 2. The summed E-state index contributed by atoms with van der Waals surface area (Å²) in [5.41, 5.74) is 2.87. The van der Waals surface area contributed by atoms with E-state index in [9.17, 15) is 0 Å². The average molecular weight is 295 g/mol. The van der Waals surface area contributed by atoms with Crippen LogP contribution in [0.1, 0.15) is 24.3 Å². The molecule has 2 aromatic rings. The minimum Gasteiger partial charge on any atom is -0.481 e. The molecule has 0 saturated heterocycles. The van der Waals surface area contributed by atoms with Crippen molar-refractivity contribution in [3.8, 4) is 17.1 Å². The Balaban J connectivity index is 2.18. The highest BCUT2D eigenvalue weighted by molar-refractivity contribution is 6.30. The van der Waals surface area contributed by atoms with Crippen molar-refractivity contribution in [1.82, 2.24) is 9.97 Å². The van der Waals surface area contributed by atoms with Crippen molar-refractivity contribution in [2.45, 2.75) is 18.8 Å². The smallest absolute Gasteiger partial charge is 0.226 e. The number of benzene rings is 1. The number of methoxy groups -OCH3 is 1. The van der Waals surface area contributed by atoms with Gasteiger partial charge in [-0.05, 0) is 42.5 Å². The van der Waals surface area contributed by atoms with E-state index in [1.54, 1.807) is 7.11 Å². The normalized spacial score (nSPS) is 14.5. The third-order valence-corrected chi connectivity index (χ3v) is 3.60. The largest absolute Gasteiger partial charge is 0.481 e. The Hall–Kier alpha value is -1.32. The molecule has 3 rings (SSSR count). The Bertz CT molecular complexity index is 610. The van der Waals surface area contributed by atoms with Gasteiger partial charge in [-0.2, -0.15) is 4.98 Å². The lowest BCUT2D eigenvalue weighted by molar-refractivity contribution is 0.392. The van der Waals surface area contributed by atoms with Crippen LogP contribution in [0.25, 0.3) is 11.3 Å². The van der Waals surface area contributed by atoms with Gasteiger partial charge in [0.1, 0.15) is 0 Å². The third kappa shape index (κ3) is 2.53. The molecule has 0 unspecified atom stereocenters. The fraction of sp³-hybridized carbons (Fsp3) is 0.286. The Labute approximate surface area is 121 Å². The second-order valence-corrected chi connectivity index (χ2v) is 5.32. The first-order chi connectivity index (χ1) is 9.19. The van der Waals surface area contributed by atoms with Gasteiger partial charge in [0.05, 0.1) is 12.8 Å². The number of aromatic nitrogens is 2. The van der Waals surface area contributed by atoms with E-state index in [-0.39, 0.29) is 5.28 Å². The number of halogens is 2.